The molecule has 1 aromatic carbocycles. The van der Waals surface area contributed by atoms with Crippen molar-refractivity contribution in [3.05, 3.63) is 35.5 Å². The largest absolute Gasteiger partial charge is 0.471 e. The zero-order chi connectivity index (χ0) is 18.8. The van der Waals surface area contributed by atoms with Gasteiger partial charge in [0.25, 0.3) is 0 Å². The van der Waals surface area contributed by atoms with E-state index in [2.05, 4.69) is 20.0 Å². The molecule has 0 radical (unpaired) electrons. The molecule has 25 heavy (non-hydrogen) atoms. The molecule has 134 valence electrons. The quantitative estimate of drug-likeness (QED) is 0.664. The van der Waals surface area contributed by atoms with Gasteiger partial charge in [0.1, 0.15) is 5.82 Å². The summed E-state index contributed by atoms with van der Waals surface area (Å²) < 4.78 is 55.4. The molecule has 0 aliphatic heterocycles. The summed E-state index contributed by atoms with van der Waals surface area (Å²) in [6, 6.07) is 3.40. The normalized spacial score (nSPS) is 11.3. The fourth-order valence-corrected chi connectivity index (χ4v) is 1.74. The summed E-state index contributed by atoms with van der Waals surface area (Å²) in [5.41, 5.74) is -0.000565. The number of alkyl halides is 3. The lowest BCUT2D eigenvalue weighted by molar-refractivity contribution is -0.159. The molecule has 1 N–H and O–H groups in total. The molecule has 0 spiro atoms. The summed E-state index contributed by atoms with van der Waals surface area (Å²) in [6.07, 6.45) is -4.80. The van der Waals surface area contributed by atoms with Crippen molar-refractivity contribution in [1.29, 1.82) is 0 Å². The van der Waals surface area contributed by atoms with Gasteiger partial charge in [-0.05, 0) is 6.07 Å². The van der Waals surface area contributed by atoms with Crippen LogP contribution in [0.25, 0.3) is 11.4 Å². The molecule has 0 atom stereocenters. The number of nitrogens with zero attached hydrogens (tertiary/aromatic N) is 3. The Morgan fingerprint density at radius 3 is 2.48 bits per heavy atom. The van der Waals surface area contributed by atoms with Crippen molar-refractivity contribution in [3.8, 4) is 11.4 Å². The number of hydrogen-bond donors (Lipinski definition) is 1. The second-order valence-corrected chi connectivity index (χ2v) is 5.11. The zero-order valence-electron chi connectivity index (χ0n) is 13.0. The van der Waals surface area contributed by atoms with Crippen LogP contribution in [0.3, 0.4) is 0 Å². The van der Waals surface area contributed by atoms with E-state index in [1.54, 1.807) is 0 Å². The Labute approximate surface area is 138 Å². The van der Waals surface area contributed by atoms with Crippen LogP contribution in [0.5, 0.6) is 0 Å². The molecule has 1 heterocycles. The number of benzene rings is 1. The fraction of sp³-hybridized carbons (Fsp3) is 0.286. The van der Waals surface area contributed by atoms with Crippen molar-refractivity contribution < 1.29 is 31.7 Å². The Hall–Kier alpha value is -2.98. The van der Waals surface area contributed by atoms with Crippen molar-refractivity contribution in [3.63, 3.8) is 0 Å². The van der Waals surface area contributed by atoms with Gasteiger partial charge < -0.3 is 14.7 Å². The Bertz CT molecular complexity index is 802. The lowest BCUT2D eigenvalue weighted by atomic mass is 10.1. The number of nitrogens with one attached hydrogen (secondary N) is 1. The van der Waals surface area contributed by atoms with E-state index in [1.807, 2.05) is 0 Å². The van der Waals surface area contributed by atoms with Gasteiger partial charge in [-0.15, -0.1) is 0 Å². The maximum absolute atomic E-state index is 14.0. The van der Waals surface area contributed by atoms with Gasteiger partial charge in [0.2, 0.25) is 5.82 Å². The monoisotopic (exact) mass is 360 g/mol. The van der Waals surface area contributed by atoms with Crippen LogP contribution in [0, 0.1) is 5.82 Å². The van der Waals surface area contributed by atoms with Crippen molar-refractivity contribution >= 4 is 11.8 Å². The molecule has 2 aromatic rings. The van der Waals surface area contributed by atoms with Crippen LogP contribution in [-0.2, 0) is 22.3 Å². The van der Waals surface area contributed by atoms with Gasteiger partial charge in [-0.3, -0.25) is 9.59 Å². The standard InChI is InChI=1S/C14H12F4N4O3/c1-22(2)12(24)11(23)19-6-8-4-3-7(5-9(8)15)10-20-13(25-21-10)14(16,17)18/h3-5H,6H2,1-2H3,(H,19,23). The van der Waals surface area contributed by atoms with E-state index in [-0.39, 0.29) is 17.7 Å². The summed E-state index contributed by atoms with van der Waals surface area (Å²) >= 11 is 0. The molecule has 2 amide bonds. The lowest BCUT2D eigenvalue weighted by Crippen LogP contribution is -2.38. The predicted molar refractivity (Wildman–Crippen MR) is 75.2 cm³/mol. The minimum Gasteiger partial charge on any atom is -0.344 e. The summed E-state index contributed by atoms with van der Waals surface area (Å²) in [5.74, 6) is -4.50. The highest BCUT2D eigenvalue weighted by Crippen LogP contribution is 2.29. The number of carbonyl (C=O) groups excluding carboxylic acids is 2. The van der Waals surface area contributed by atoms with Crippen LogP contribution < -0.4 is 5.32 Å². The van der Waals surface area contributed by atoms with Crippen molar-refractivity contribution in [2.24, 2.45) is 0 Å². The van der Waals surface area contributed by atoms with E-state index in [4.69, 9.17) is 0 Å². The highest BCUT2D eigenvalue weighted by molar-refractivity contribution is 6.34. The van der Waals surface area contributed by atoms with Crippen LogP contribution in [0.2, 0.25) is 0 Å². The number of aromatic nitrogens is 2. The SMILES string of the molecule is CN(C)C(=O)C(=O)NCc1ccc(-c2noc(C(F)(F)F)n2)cc1F. The second kappa shape index (κ2) is 6.87. The van der Waals surface area contributed by atoms with Gasteiger partial charge in [-0.2, -0.15) is 18.2 Å². The van der Waals surface area contributed by atoms with E-state index in [0.29, 0.717) is 0 Å². The fourth-order valence-electron chi connectivity index (χ4n) is 1.74. The molecule has 11 heteroatoms. The molecule has 2 rings (SSSR count). The average molecular weight is 360 g/mol. The lowest BCUT2D eigenvalue weighted by Gasteiger charge is -2.10. The first kappa shape index (κ1) is 18.4. The Kier molecular flexibility index (Phi) is 5.04. The van der Waals surface area contributed by atoms with Crippen LogP contribution in [0.15, 0.2) is 22.7 Å². The van der Waals surface area contributed by atoms with E-state index in [1.165, 1.54) is 26.2 Å². The molecule has 0 aliphatic rings. The van der Waals surface area contributed by atoms with E-state index in [9.17, 15) is 27.2 Å². The molecule has 0 saturated carbocycles. The smallest absolute Gasteiger partial charge is 0.344 e. The third-order valence-corrected chi connectivity index (χ3v) is 3.02. The molecule has 7 nitrogen and oxygen atoms in total. The molecule has 0 unspecified atom stereocenters. The molecule has 0 bridgehead atoms. The van der Waals surface area contributed by atoms with Gasteiger partial charge in [0, 0.05) is 31.8 Å². The number of carbonyl (C=O) groups is 2. The van der Waals surface area contributed by atoms with E-state index < -0.39 is 35.5 Å². The first-order valence-electron chi connectivity index (χ1n) is 6.78. The highest BCUT2D eigenvalue weighted by Gasteiger charge is 2.38. The Morgan fingerprint density at radius 2 is 1.96 bits per heavy atom. The summed E-state index contributed by atoms with van der Waals surface area (Å²) in [5, 5.41) is 5.38. The number of amides is 2. The summed E-state index contributed by atoms with van der Waals surface area (Å²) in [6.45, 7) is -0.273. The molecule has 0 fully saturated rings. The number of likely N-dealkylation sites (N-methyl/N-ethyl adjacent to an activating group) is 1. The first-order chi connectivity index (χ1) is 11.6. The van der Waals surface area contributed by atoms with Crippen molar-refractivity contribution in [2.45, 2.75) is 12.7 Å². The van der Waals surface area contributed by atoms with Crippen molar-refractivity contribution in [2.75, 3.05) is 14.1 Å². The third kappa shape index (κ3) is 4.31. The summed E-state index contributed by atoms with van der Waals surface area (Å²) in [4.78, 5) is 27.1. The van der Waals surface area contributed by atoms with Crippen LogP contribution in [0.4, 0.5) is 17.6 Å². The Morgan fingerprint density at radius 1 is 1.28 bits per heavy atom. The van der Waals surface area contributed by atoms with Crippen LogP contribution in [-0.4, -0.2) is 41.0 Å². The van der Waals surface area contributed by atoms with Gasteiger partial charge in [0.15, 0.2) is 0 Å². The van der Waals surface area contributed by atoms with Crippen LogP contribution in [0.1, 0.15) is 11.5 Å². The second-order valence-electron chi connectivity index (χ2n) is 5.11. The predicted octanol–water partition coefficient (Wildman–Crippen LogP) is 1.60. The first-order valence-corrected chi connectivity index (χ1v) is 6.78. The van der Waals surface area contributed by atoms with Gasteiger partial charge in [0.05, 0.1) is 0 Å². The van der Waals surface area contributed by atoms with Gasteiger partial charge in [-0.25, -0.2) is 4.39 Å². The average Bonchev–Trinajstić information content (AvgIpc) is 3.02. The number of halogens is 4. The van der Waals surface area contributed by atoms with E-state index >= 15 is 0 Å². The van der Waals surface area contributed by atoms with Gasteiger partial charge in [-0.1, -0.05) is 17.3 Å². The zero-order valence-corrected chi connectivity index (χ0v) is 13.0. The van der Waals surface area contributed by atoms with Gasteiger partial charge >= 0.3 is 23.9 Å². The maximum atomic E-state index is 14.0. The minimum atomic E-state index is -4.80. The van der Waals surface area contributed by atoms with E-state index in [0.717, 1.165) is 11.0 Å². The molecular formula is C14H12F4N4O3. The molecule has 0 saturated heterocycles. The topological polar surface area (TPSA) is 88.3 Å². The minimum absolute atomic E-state index is 0.0307. The van der Waals surface area contributed by atoms with Crippen LogP contribution >= 0.6 is 0 Å². The highest BCUT2D eigenvalue weighted by atomic mass is 19.4. The van der Waals surface area contributed by atoms with Crippen molar-refractivity contribution in [1.82, 2.24) is 20.4 Å². The molecule has 1 aromatic heterocycles. The third-order valence-electron chi connectivity index (χ3n) is 3.02. The maximum Gasteiger partial charge on any atom is 0.471 e. The number of rotatable bonds is 3. The summed E-state index contributed by atoms with van der Waals surface area (Å²) in [7, 11) is 2.77. The Balaban J connectivity index is 2.12. The molecule has 0 aliphatic carbocycles. The molecular weight excluding hydrogens is 348 g/mol. The number of hydrogen-bond acceptors (Lipinski definition) is 5.